The molecule has 0 N–H and O–H groups in total. The Kier molecular flexibility index (Phi) is 5.88. The first kappa shape index (κ1) is 21.8. The summed E-state index contributed by atoms with van der Waals surface area (Å²) in [5.41, 5.74) is 1.39. The third kappa shape index (κ3) is 4.05. The normalized spacial score (nSPS) is 16.2. The summed E-state index contributed by atoms with van der Waals surface area (Å²) in [5, 5.41) is 0. The highest BCUT2D eigenvalue weighted by molar-refractivity contribution is 7.07. The minimum atomic E-state index is -0.663. The standard InChI is InChI=1S/C24H24N2O5S/c1-13(2)30-23(28)20-15(4)25-24-26(21(20)16-7-10-17(29-5)11-8-16)22(27)19(32-24)12-18-9-6-14(3)31-18/h6-13,21H,1-5H3/b19-12-. The molecule has 7 nitrogen and oxygen atoms in total. The van der Waals surface area contributed by atoms with Crippen molar-refractivity contribution in [1.82, 2.24) is 4.57 Å². The number of aromatic nitrogens is 1. The summed E-state index contributed by atoms with van der Waals surface area (Å²) in [7, 11) is 1.59. The van der Waals surface area contributed by atoms with Crippen LogP contribution in [0.25, 0.3) is 6.08 Å². The van der Waals surface area contributed by atoms with Gasteiger partial charge in [-0.05, 0) is 57.5 Å². The number of benzene rings is 1. The molecule has 1 aliphatic rings. The summed E-state index contributed by atoms with van der Waals surface area (Å²) in [4.78, 5) is 31.6. The number of aryl methyl sites for hydroxylation is 1. The summed E-state index contributed by atoms with van der Waals surface area (Å²) in [6.45, 7) is 7.19. The third-order valence-corrected chi connectivity index (χ3v) is 6.03. The Morgan fingerprint density at radius 1 is 1.19 bits per heavy atom. The Morgan fingerprint density at radius 3 is 2.50 bits per heavy atom. The lowest BCUT2D eigenvalue weighted by Gasteiger charge is -2.25. The number of carbonyl (C=O) groups excluding carboxylic acids is 1. The highest BCUT2D eigenvalue weighted by atomic mass is 32.1. The van der Waals surface area contributed by atoms with E-state index < -0.39 is 12.0 Å². The maximum atomic E-state index is 13.5. The van der Waals surface area contributed by atoms with Gasteiger partial charge in [-0.2, -0.15) is 0 Å². The predicted octanol–water partition coefficient (Wildman–Crippen LogP) is 3.10. The van der Waals surface area contributed by atoms with E-state index >= 15 is 0 Å². The van der Waals surface area contributed by atoms with E-state index in [9.17, 15) is 9.59 Å². The number of allylic oxidation sites excluding steroid dienone is 1. The van der Waals surface area contributed by atoms with Crippen molar-refractivity contribution in [2.45, 2.75) is 39.8 Å². The lowest BCUT2D eigenvalue weighted by atomic mass is 9.96. The minimum Gasteiger partial charge on any atom is -0.497 e. The molecule has 0 bridgehead atoms. The van der Waals surface area contributed by atoms with Crippen LogP contribution in [0.5, 0.6) is 5.75 Å². The molecular formula is C24H24N2O5S. The number of rotatable bonds is 5. The number of fused-ring (bicyclic) bond motifs is 1. The molecule has 166 valence electrons. The van der Waals surface area contributed by atoms with Crippen LogP contribution >= 0.6 is 11.3 Å². The van der Waals surface area contributed by atoms with Gasteiger partial charge in [0.25, 0.3) is 5.56 Å². The second-order valence-corrected chi connectivity index (χ2v) is 8.77. The zero-order valence-electron chi connectivity index (χ0n) is 18.5. The number of nitrogens with zero attached hydrogens (tertiary/aromatic N) is 2. The van der Waals surface area contributed by atoms with Crippen LogP contribution in [0.4, 0.5) is 0 Å². The van der Waals surface area contributed by atoms with Crippen molar-refractivity contribution in [1.29, 1.82) is 0 Å². The van der Waals surface area contributed by atoms with Gasteiger partial charge in [-0.25, -0.2) is 9.79 Å². The molecular weight excluding hydrogens is 428 g/mol. The minimum absolute atomic E-state index is 0.244. The first-order chi connectivity index (χ1) is 15.3. The largest absolute Gasteiger partial charge is 0.497 e. The zero-order valence-corrected chi connectivity index (χ0v) is 19.4. The Balaban J connectivity index is 1.93. The fourth-order valence-electron chi connectivity index (χ4n) is 3.62. The van der Waals surface area contributed by atoms with Crippen LogP contribution in [0.1, 0.15) is 43.9 Å². The molecule has 4 rings (SSSR count). The molecule has 1 aromatic carbocycles. The molecule has 1 unspecified atom stereocenters. The van der Waals surface area contributed by atoms with Crippen LogP contribution in [0, 0.1) is 6.92 Å². The molecule has 0 amide bonds. The second-order valence-electron chi connectivity index (χ2n) is 7.76. The van der Waals surface area contributed by atoms with E-state index in [-0.39, 0.29) is 11.7 Å². The number of carbonyl (C=O) groups is 1. The number of methoxy groups -OCH3 is 1. The molecule has 1 aliphatic heterocycles. The van der Waals surface area contributed by atoms with Crippen molar-refractivity contribution >= 4 is 23.4 Å². The molecule has 32 heavy (non-hydrogen) atoms. The van der Waals surface area contributed by atoms with E-state index in [4.69, 9.17) is 13.9 Å². The summed E-state index contributed by atoms with van der Waals surface area (Å²) >= 11 is 1.26. The van der Waals surface area contributed by atoms with Crippen molar-refractivity contribution in [3.05, 3.63) is 84.4 Å². The van der Waals surface area contributed by atoms with E-state index in [0.717, 1.165) is 11.3 Å². The average Bonchev–Trinajstić information content (AvgIpc) is 3.29. The van der Waals surface area contributed by atoms with Gasteiger partial charge < -0.3 is 13.9 Å². The van der Waals surface area contributed by atoms with Crippen molar-refractivity contribution in [3.8, 4) is 5.75 Å². The van der Waals surface area contributed by atoms with Gasteiger partial charge in [0.2, 0.25) is 0 Å². The van der Waals surface area contributed by atoms with E-state index in [1.54, 1.807) is 50.7 Å². The van der Waals surface area contributed by atoms with Crippen LogP contribution in [-0.4, -0.2) is 23.8 Å². The molecule has 3 heterocycles. The Labute approximate surface area is 188 Å². The molecule has 0 aliphatic carbocycles. The average molecular weight is 453 g/mol. The quantitative estimate of drug-likeness (QED) is 0.556. The molecule has 0 radical (unpaired) electrons. The number of furan rings is 1. The SMILES string of the molecule is COc1ccc(C2C(C(=O)OC(C)C)=C(C)N=c3s/c(=C\c4ccc(C)o4)c(=O)n32)cc1. The maximum absolute atomic E-state index is 13.5. The Morgan fingerprint density at radius 2 is 1.91 bits per heavy atom. The van der Waals surface area contributed by atoms with Crippen molar-refractivity contribution < 1.29 is 18.7 Å². The highest BCUT2D eigenvalue weighted by Crippen LogP contribution is 2.31. The molecule has 0 fully saturated rings. The summed E-state index contributed by atoms with van der Waals surface area (Å²) < 4.78 is 18.4. The molecule has 1 atom stereocenters. The van der Waals surface area contributed by atoms with Crippen LogP contribution in [0.3, 0.4) is 0 Å². The van der Waals surface area contributed by atoms with Crippen LogP contribution in [-0.2, 0) is 9.53 Å². The van der Waals surface area contributed by atoms with E-state index in [1.807, 2.05) is 31.2 Å². The molecule has 3 aromatic rings. The van der Waals surface area contributed by atoms with Crippen LogP contribution < -0.4 is 19.6 Å². The number of thiazole rings is 1. The zero-order chi connectivity index (χ0) is 23.0. The van der Waals surface area contributed by atoms with Crippen LogP contribution in [0.2, 0.25) is 0 Å². The smallest absolute Gasteiger partial charge is 0.338 e. The van der Waals surface area contributed by atoms with Crippen molar-refractivity contribution in [2.75, 3.05) is 7.11 Å². The number of esters is 1. The van der Waals surface area contributed by atoms with Crippen molar-refractivity contribution in [3.63, 3.8) is 0 Å². The van der Waals surface area contributed by atoms with Crippen molar-refractivity contribution in [2.24, 2.45) is 4.99 Å². The molecule has 8 heteroatoms. The van der Waals surface area contributed by atoms with Gasteiger partial charge in [0.05, 0.1) is 35.1 Å². The van der Waals surface area contributed by atoms with E-state index in [0.29, 0.717) is 32.1 Å². The number of hydrogen-bond donors (Lipinski definition) is 0. The Hall–Kier alpha value is -3.39. The fraction of sp³-hybridized carbons (Fsp3) is 0.292. The predicted molar refractivity (Wildman–Crippen MR) is 121 cm³/mol. The molecule has 0 saturated heterocycles. The monoisotopic (exact) mass is 452 g/mol. The molecule has 0 spiro atoms. The van der Waals surface area contributed by atoms with E-state index in [2.05, 4.69) is 4.99 Å². The topological polar surface area (TPSA) is 83.0 Å². The number of ether oxygens (including phenoxy) is 2. The van der Waals surface area contributed by atoms with Gasteiger partial charge in [0.1, 0.15) is 17.3 Å². The highest BCUT2D eigenvalue weighted by Gasteiger charge is 2.33. The Bertz CT molecular complexity index is 1370. The summed E-state index contributed by atoms with van der Waals surface area (Å²) in [5.74, 6) is 1.54. The molecule has 2 aromatic heterocycles. The maximum Gasteiger partial charge on any atom is 0.338 e. The van der Waals surface area contributed by atoms with Gasteiger partial charge >= 0.3 is 5.97 Å². The first-order valence-electron chi connectivity index (χ1n) is 10.2. The fourth-order valence-corrected chi connectivity index (χ4v) is 4.65. The lowest BCUT2D eigenvalue weighted by molar-refractivity contribution is -0.143. The van der Waals surface area contributed by atoms with Gasteiger partial charge in [0, 0.05) is 6.08 Å². The van der Waals surface area contributed by atoms with E-state index in [1.165, 1.54) is 11.3 Å². The first-order valence-corrected chi connectivity index (χ1v) is 11.0. The molecule has 0 saturated carbocycles. The van der Waals surface area contributed by atoms with Crippen LogP contribution in [0.15, 0.2) is 61.9 Å². The third-order valence-electron chi connectivity index (χ3n) is 5.05. The van der Waals surface area contributed by atoms with Gasteiger partial charge in [0.15, 0.2) is 4.80 Å². The van der Waals surface area contributed by atoms with Gasteiger partial charge in [-0.1, -0.05) is 23.5 Å². The summed E-state index contributed by atoms with van der Waals surface area (Å²) in [6.07, 6.45) is 1.40. The number of hydrogen-bond acceptors (Lipinski definition) is 7. The van der Waals surface area contributed by atoms with Gasteiger partial charge in [-0.15, -0.1) is 0 Å². The summed E-state index contributed by atoms with van der Waals surface area (Å²) in [6, 6.07) is 10.3. The lowest BCUT2D eigenvalue weighted by Crippen LogP contribution is -2.40. The second kappa shape index (κ2) is 8.63. The van der Waals surface area contributed by atoms with Gasteiger partial charge in [-0.3, -0.25) is 9.36 Å².